The standard InChI is InChI=1S/C15H13ClN2O5/c1-22-12-5-4-9(16)7-11(12)18-13(19)8-23-14-10(15(20)21)3-2-6-17-14/h2-7H,8H2,1H3,(H,18,19)(H,20,21). The van der Waals surface area contributed by atoms with Crippen LogP contribution >= 0.6 is 11.6 Å². The maximum absolute atomic E-state index is 11.9. The van der Waals surface area contributed by atoms with Crippen LogP contribution in [0.2, 0.25) is 5.02 Å². The lowest BCUT2D eigenvalue weighted by Gasteiger charge is -2.11. The van der Waals surface area contributed by atoms with E-state index < -0.39 is 18.5 Å². The highest BCUT2D eigenvalue weighted by Crippen LogP contribution is 2.27. The highest BCUT2D eigenvalue weighted by atomic mass is 35.5. The van der Waals surface area contributed by atoms with Crippen molar-refractivity contribution < 1.29 is 24.2 Å². The highest BCUT2D eigenvalue weighted by Gasteiger charge is 2.14. The number of rotatable bonds is 6. The van der Waals surface area contributed by atoms with Crippen molar-refractivity contribution in [1.29, 1.82) is 0 Å². The van der Waals surface area contributed by atoms with Crippen LogP contribution in [0.1, 0.15) is 10.4 Å². The van der Waals surface area contributed by atoms with Gasteiger partial charge in [0, 0.05) is 11.2 Å². The number of aromatic carboxylic acids is 1. The molecule has 120 valence electrons. The van der Waals surface area contributed by atoms with Crippen LogP contribution in [0.3, 0.4) is 0 Å². The van der Waals surface area contributed by atoms with Crippen molar-refractivity contribution in [2.24, 2.45) is 0 Å². The zero-order valence-electron chi connectivity index (χ0n) is 12.1. The minimum atomic E-state index is -1.19. The molecular weight excluding hydrogens is 324 g/mol. The first-order valence-corrected chi connectivity index (χ1v) is 6.83. The molecule has 1 aromatic carbocycles. The molecule has 2 N–H and O–H groups in total. The van der Waals surface area contributed by atoms with Crippen LogP contribution in [0.25, 0.3) is 0 Å². The Labute approximate surface area is 136 Å². The first kappa shape index (κ1) is 16.6. The number of amides is 1. The molecule has 1 heterocycles. The van der Waals surface area contributed by atoms with E-state index in [4.69, 9.17) is 26.2 Å². The summed E-state index contributed by atoms with van der Waals surface area (Å²) in [4.78, 5) is 26.8. The summed E-state index contributed by atoms with van der Waals surface area (Å²) >= 11 is 5.87. The SMILES string of the molecule is COc1ccc(Cl)cc1NC(=O)COc1ncccc1C(=O)O. The van der Waals surface area contributed by atoms with E-state index in [9.17, 15) is 9.59 Å². The number of carboxylic acid groups (broad SMARTS) is 1. The number of carboxylic acids is 1. The molecular formula is C15H13ClN2O5. The number of hydrogen-bond donors (Lipinski definition) is 2. The molecule has 7 nitrogen and oxygen atoms in total. The van der Waals surface area contributed by atoms with Crippen LogP contribution in [0.4, 0.5) is 5.69 Å². The van der Waals surface area contributed by atoms with Crippen LogP contribution in [-0.4, -0.2) is 35.7 Å². The molecule has 8 heteroatoms. The summed E-state index contributed by atoms with van der Waals surface area (Å²) in [6, 6.07) is 7.57. The van der Waals surface area contributed by atoms with Crippen LogP contribution in [-0.2, 0) is 4.79 Å². The zero-order chi connectivity index (χ0) is 16.8. The Balaban J connectivity index is 2.04. The third-order valence-corrected chi connectivity index (χ3v) is 3.01. The monoisotopic (exact) mass is 336 g/mol. The van der Waals surface area contributed by atoms with E-state index in [2.05, 4.69) is 10.3 Å². The van der Waals surface area contributed by atoms with Gasteiger partial charge in [-0.15, -0.1) is 0 Å². The quantitative estimate of drug-likeness (QED) is 0.841. The maximum atomic E-state index is 11.9. The Morgan fingerprint density at radius 2 is 2.13 bits per heavy atom. The summed E-state index contributed by atoms with van der Waals surface area (Å²) in [5.74, 6) is -1.39. The molecule has 0 aliphatic rings. The topological polar surface area (TPSA) is 97.8 Å². The number of benzene rings is 1. The lowest BCUT2D eigenvalue weighted by Crippen LogP contribution is -2.21. The van der Waals surface area contributed by atoms with Gasteiger partial charge < -0.3 is 19.9 Å². The van der Waals surface area contributed by atoms with Gasteiger partial charge >= 0.3 is 5.97 Å². The van der Waals surface area contributed by atoms with Crippen molar-refractivity contribution in [3.05, 3.63) is 47.1 Å². The number of pyridine rings is 1. The van der Waals surface area contributed by atoms with Crippen molar-refractivity contribution in [1.82, 2.24) is 4.98 Å². The van der Waals surface area contributed by atoms with Crippen molar-refractivity contribution >= 4 is 29.2 Å². The first-order chi connectivity index (χ1) is 11.0. The molecule has 0 unspecified atom stereocenters. The molecule has 0 aliphatic carbocycles. The van der Waals surface area contributed by atoms with Gasteiger partial charge in [0.1, 0.15) is 11.3 Å². The fraction of sp³-hybridized carbons (Fsp3) is 0.133. The Bertz CT molecular complexity index is 736. The van der Waals surface area contributed by atoms with E-state index in [-0.39, 0.29) is 11.4 Å². The predicted octanol–water partition coefficient (Wildman–Crippen LogP) is 2.46. The third-order valence-electron chi connectivity index (χ3n) is 2.78. The normalized spacial score (nSPS) is 10.0. The van der Waals surface area contributed by atoms with Crippen LogP contribution in [0.5, 0.6) is 11.6 Å². The number of hydrogen-bond acceptors (Lipinski definition) is 5. The molecule has 1 amide bonds. The Hall–Kier alpha value is -2.80. The summed E-state index contributed by atoms with van der Waals surface area (Å²) in [6.45, 7) is -0.410. The third kappa shape index (κ3) is 4.33. The fourth-order valence-corrected chi connectivity index (χ4v) is 1.94. The Kier molecular flexibility index (Phi) is 5.37. The lowest BCUT2D eigenvalue weighted by atomic mass is 10.3. The van der Waals surface area contributed by atoms with Gasteiger partial charge in [0.2, 0.25) is 5.88 Å². The van der Waals surface area contributed by atoms with Crippen molar-refractivity contribution in [2.45, 2.75) is 0 Å². The minimum Gasteiger partial charge on any atom is -0.495 e. The van der Waals surface area contributed by atoms with Crippen LogP contribution in [0.15, 0.2) is 36.5 Å². The van der Waals surface area contributed by atoms with Gasteiger partial charge in [0.25, 0.3) is 5.91 Å². The second-order valence-electron chi connectivity index (χ2n) is 4.34. The number of ether oxygens (including phenoxy) is 2. The molecule has 0 saturated heterocycles. The molecule has 0 bridgehead atoms. The number of carbonyl (C=O) groups excluding carboxylic acids is 1. The maximum Gasteiger partial charge on any atom is 0.341 e. The van der Waals surface area contributed by atoms with Gasteiger partial charge in [-0.1, -0.05) is 11.6 Å². The molecule has 0 fully saturated rings. The predicted molar refractivity (Wildman–Crippen MR) is 83.3 cm³/mol. The molecule has 2 aromatic rings. The molecule has 0 aliphatic heterocycles. The summed E-state index contributed by atoms with van der Waals surface area (Å²) in [5.41, 5.74) is 0.258. The average molecular weight is 337 g/mol. The lowest BCUT2D eigenvalue weighted by molar-refractivity contribution is -0.118. The molecule has 2 rings (SSSR count). The molecule has 1 aromatic heterocycles. The minimum absolute atomic E-state index is 0.124. The smallest absolute Gasteiger partial charge is 0.341 e. The number of anilines is 1. The summed E-state index contributed by atoms with van der Waals surface area (Å²) in [5, 5.41) is 12.0. The number of nitrogens with one attached hydrogen (secondary N) is 1. The van der Waals surface area contributed by atoms with Gasteiger partial charge in [-0.25, -0.2) is 9.78 Å². The number of carbonyl (C=O) groups is 2. The molecule has 0 radical (unpaired) electrons. The second kappa shape index (κ2) is 7.46. The number of aromatic nitrogens is 1. The van der Waals surface area contributed by atoms with E-state index in [1.807, 2.05) is 0 Å². The Morgan fingerprint density at radius 3 is 2.83 bits per heavy atom. The van der Waals surface area contributed by atoms with Gasteiger partial charge in [-0.3, -0.25) is 4.79 Å². The first-order valence-electron chi connectivity index (χ1n) is 6.45. The van der Waals surface area contributed by atoms with E-state index in [0.29, 0.717) is 16.5 Å². The molecule has 0 atom stereocenters. The van der Waals surface area contributed by atoms with E-state index in [1.165, 1.54) is 31.5 Å². The van der Waals surface area contributed by atoms with Gasteiger partial charge in [-0.2, -0.15) is 0 Å². The van der Waals surface area contributed by atoms with Gasteiger partial charge in [-0.05, 0) is 30.3 Å². The second-order valence-corrected chi connectivity index (χ2v) is 4.78. The number of nitrogens with zero attached hydrogens (tertiary/aromatic N) is 1. The number of halogens is 1. The summed E-state index contributed by atoms with van der Waals surface area (Å²) < 4.78 is 10.3. The average Bonchev–Trinajstić information content (AvgIpc) is 2.53. The Morgan fingerprint density at radius 1 is 1.35 bits per heavy atom. The highest BCUT2D eigenvalue weighted by molar-refractivity contribution is 6.31. The van der Waals surface area contributed by atoms with Gasteiger partial charge in [0.15, 0.2) is 6.61 Å². The molecule has 0 spiro atoms. The van der Waals surface area contributed by atoms with Crippen molar-refractivity contribution in [3.8, 4) is 11.6 Å². The number of methoxy groups -OCH3 is 1. The molecule has 0 saturated carbocycles. The molecule has 23 heavy (non-hydrogen) atoms. The van der Waals surface area contributed by atoms with Crippen molar-refractivity contribution in [3.63, 3.8) is 0 Å². The summed E-state index contributed by atoms with van der Waals surface area (Å²) in [7, 11) is 1.46. The van der Waals surface area contributed by atoms with E-state index >= 15 is 0 Å². The summed E-state index contributed by atoms with van der Waals surface area (Å²) in [6.07, 6.45) is 1.37. The fourth-order valence-electron chi connectivity index (χ4n) is 1.77. The van der Waals surface area contributed by atoms with E-state index in [0.717, 1.165) is 0 Å². The zero-order valence-corrected chi connectivity index (χ0v) is 12.8. The van der Waals surface area contributed by atoms with Gasteiger partial charge in [0.05, 0.1) is 12.8 Å². The van der Waals surface area contributed by atoms with E-state index in [1.54, 1.807) is 12.1 Å². The van der Waals surface area contributed by atoms with Crippen LogP contribution < -0.4 is 14.8 Å². The largest absolute Gasteiger partial charge is 0.495 e. The van der Waals surface area contributed by atoms with Crippen LogP contribution in [0, 0.1) is 0 Å². The van der Waals surface area contributed by atoms with Crippen molar-refractivity contribution in [2.75, 3.05) is 19.0 Å².